The summed E-state index contributed by atoms with van der Waals surface area (Å²) in [5.41, 5.74) is 7.33. The molecule has 5 rings (SSSR count). The zero-order chi connectivity index (χ0) is 23.3. The van der Waals surface area contributed by atoms with Crippen molar-refractivity contribution >= 4 is 11.5 Å². The van der Waals surface area contributed by atoms with Crippen LogP contribution in [-0.2, 0) is 17.6 Å². The zero-order valence-corrected chi connectivity index (χ0v) is 19.7. The Bertz CT molecular complexity index is 1190. The van der Waals surface area contributed by atoms with Gasteiger partial charge < -0.3 is 0 Å². The Kier molecular flexibility index (Phi) is 6.99. The van der Waals surface area contributed by atoms with E-state index in [1.54, 1.807) is 6.07 Å². The van der Waals surface area contributed by atoms with Gasteiger partial charge in [0, 0.05) is 25.0 Å². The fraction of sp³-hybridized carbons (Fsp3) is 0.355. The van der Waals surface area contributed by atoms with Gasteiger partial charge in [-0.05, 0) is 78.8 Å². The highest BCUT2D eigenvalue weighted by molar-refractivity contribution is 6.05. The number of aliphatic imine (C=N–C) groups is 1. The molecule has 0 bridgehead atoms. The van der Waals surface area contributed by atoms with Gasteiger partial charge in [0.25, 0.3) is 0 Å². The van der Waals surface area contributed by atoms with E-state index >= 15 is 0 Å². The molecule has 1 saturated carbocycles. The average molecular weight is 454 g/mol. The molecule has 174 valence electrons. The van der Waals surface area contributed by atoms with Crippen LogP contribution >= 0.6 is 0 Å². The Labute approximate surface area is 202 Å². The van der Waals surface area contributed by atoms with Crippen LogP contribution in [0.15, 0.2) is 89.1 Å². The van der Waals surface area contributed by atoms with Crippen LogP contribution in [0.3, 0.4) is 0 Å². The van der Waals surface area contributed by atoms with E-state index in [9.17, 15) is 9.18 Å². The summed E-state index contributed by atoms with van der Waals surface area (Å²) in [6.45, 7) is 0. The van der Waals surface area contributed by atoms with Crippen molar-refractivity contribution in [3.05, 3.63) is 107 Å². The van der Waals surface area contributed by atoms with Crippen molar-refractivity contribution in [2.75, 3.05) is 0 Å². The summed E-state index contributed by atoms with van der Waals surface area (Å²) >= 11 is 0. The molecule has 2 aromatic rings. The van der Waals surface area contributed by atoms with Crippen LogP contribution in [0.2, 0.25) is 0 Å². The number of ketones is 1. The zero-order valence-electron chi connectivity index (χ0n) is 19.7. The van der Waals surface area contributed by atoms with Gasteiger partial charge in [-0.3, -0.25) is 9.79 Å². The van der Waals surface area contributed by atoms with Gasteiger partial charge in [0.05, 0.1) is 5.71 Å². The SMILES string of the molecule is O=C(Cc1cccc(F)c1)Cc1cccc(C2CCCC(C3=NC=CCC4=C3C=CCC4)C2)c1. The minimum absolute atomic E-state index is 0.118. The van der Waals surface area contributed by atoms with E-state index in [1.165, 1.54) is 53.8 Å². The number of allylic oxidation sites excluding steroid dienone is 5. The maximum absolute atomic E-state index is 13.5. The number of carbonyl (C=O) groups is 1. The first-order valence-corrected chi connectivity index (χ1v) is 12.6. The standard InChI is InChI=1S/C31H32FNO/c32-28-14-4-8-23(18-28)20-29(34)19-22-7-3-10-25(17-22)26-11-5-12-27(21-26)31-30-15-2-1-9-24(30)13-6-16-33-31/h2-4,6-8,10,14-18,26-27H,1,5,9,11-13,19-21H2. The highest BCUT2D eigenvalue weighted by atomic mass is 19.1. The molecular weight excluding hydrogens is 421 g/mol. The van der Waals surface area contributed by atoms with E-state index in [2.05, 4.69) is 36.4 Å². The van der Waals surface area contributed by atoms with E-state index in [0.717, 1.165) is 36.8 Å². The second-order valence-corrected chi connectivity index (χ2v) is 9.89. The minimum Gasteiger partial charge on any atom is -0.299 e. The van der Waals surface area contributed by atoms with Crippen molar-refractivity contribution < 1.29 is 9.18 Å². The van der Waals surface area contributed by atoms with Crippen molar-refractivity contribution in [1.29, 1.82) is 0 Å². The topological polar surface area (TPSA) is 29.4 Å². The molecule has 34 heavy (non-hydrogen) atoms. The summed E-state index contributed by atoms with van der Waals surface area (Å²) < 4.78 is 13.5. The lowest BCUT2D eigenvalue weighted by molar-refractivity contribution is -0.117. The Balaban J connectivity index is 1.28. The Hall–Kier alpha value is -3.07. The Morgan fingerprint density at radius 3 is 2.62 bits per heavy atom. The predicted octanol–water partition coefficient (Wildman–Crippen LogP) is 7.46. The van der Waals surface area contributed by atoms with E-state index in [-0.39, 0.29) is 18.0 Å². The molecule has 0 saturated heterocycles. The van der Waals surface area contributed by atoms with Crippen LogP contribution in [0, 0.1) is 11.7 Å². The van der Waals surface area contributed by atoms with Crippen molar-refractivity contribution in [2.24, 2.45) is 10.9 Å². The van der Waals surface area contributed by atoms with Gasteiger partial charge in [-0.25, -0.2) is 4.39 Å². The van der Waals surface area contributed by atoms with Crippen molar-refractivity contribution in [3.63, 3.8) is 0 Å². The van der Waals surface area contributed by atoms with E-state index < -0.39 is 0 Å². The quantitative estimate of drug-likeness (QED) is 0.446. The van der Waals surface area contributed by atoms with Crippen molar-refractivity contribution in [3.8, 4) is 0 Å². The second-order valence-electron chi connectivity index (χ2n) is 9.89. The number of hydrogen-bond donors (Lipinski definition) is 0. The third-order valence-electron chi connectivity index (χ3n) is 7.41. The smallest absolute Gasteiger partial charge is 0.141 e. The van der Waals surface area contributed by atoms with Crippen LogP contribution in [0.1, 0.15) is 67.6 Å². The largest absolute Gasteiger partial charge is 0.299 e. The fourth-order valence-corrected chi connectivity index (χ4v) is 5.78. The minimum atomic E-state index is -0.292. The molecule has 2 aliphatic carbocycles. The van der Waals surface area contributed by atoms with E-state index in [4.69, 9.17) is 4.99 Å². The third-order valence-corrected chi connectivity index (χ3v) is 7.41. The van der Waals surface area contributed by atoms with Crippen LogP contribution in [0.4, 0.5) is 4.39 Å². The molecule has 2 atom stereocenters. The first-order valence-electron chi connectivity index (χ1n) is 12.6. The van der Waals surface area contributed by atoms with Crippen LogP contribution < -0.4 is 0 Å². The molecule has 0 amide bonds. The summed E-state index contributed by atoms with van der Waals surface area (Å²) in [5.74, 6) is 0.794. The second kappa shape index (κ2) is 10.5. The lowest BCUT2D eigenvalue weighted by atomic mass is 9.73. The first-order chi connectivity index (χ1) is 16.7. The normalized spacial score (nSPS) is 22.2. The lowest BCUT2D eigenvalue weighted by Gasteiger charge is -2.32. The van der Waals surface area contributed by atoms with Crippen molar-refractivity contribution in [1.82, 2.24) is 0 Å². The number of nitrogens with zero attached hydrogens (tertiary/aromatic N) is 1. The monoisotopic (exact) mass is 453 g/mol. The average Bonchev–Trinajstić information content (AvgIpc) is 3.07. The molecule has 1 aliphatic heterocycles. The molecular formula is C31H32FNO. The highest BCUT2D eigenvalue weighted by Crippen LogP contribution is 2.40. The highest BCUT2D eigenvalue weighted by Gasteiger charge is 2.29. The van der Waals surface area contributed by atoms with Crippen LogP contribution in [0.5, 0.6) is 0 Å². The van der Waals surface area contributed by atoms with E-state index in [1.807, 2.05) is 18.3 Å². The third kappa shape index (κ3) is 5.35. The van der Waals surface area contributed by atoms with E-state index in [0.29, 0.717) is 18.3 Å². The molecule has 2 unspecified atom stereocenters. The molecule has 0 N–H and O–H groups in total. The van der Waals surface area contributed by atoms with Gasteiger partial charge in [-0.15, -0.1) is 0 Å². The maximum Gasteiger partial charge on any atom is 0.141 e. The summed E-state index contributed by atoms with van der Waals surface area (Å²) in [6, 6.07) is 14.9. The summed E-state index contributed by atoms with van der Waals surface area (Å²) in [6.07, 6.45) is 17.5. The Morgan fingerprint density at radius 2 is 1.76 bits per heavy atom. The number of carbonyl (C=O) groups excluding carboxylic acids is 1. The molecule has 0 spiro atoms. The van der Waals surface area contributed by atoms with Gasteiger partial charge in [-0.2, -0.15) is 0 Å². The lowest BCUT2D eigenvalue weighted by Crippen LogP contribution is -2.24. The van der Waals surface area contributed by atoms with Crippen LogP contribution in [-0.4, -0.2) is 11.5 Å². The molecule has 1 heterocycles. The van der Waals surface area contributed by atoms with Crippen molar-refractivity contribution in [2.45, 2.75) is 63.7 Å². The summed E-state index contributed by atoms with van der Waals surface area (Å²) in [5, 5.41) is 0. The summed E-state index contributed by atoms with van der Waals surface area (Å²) in [7, 11) is 0. The number of rotatable bonds is 6. The summed E-state index contributed by atoms with van der Waals surface area (Å²) in [4.78, 5) is 17.6. The van der Waals surface area contributed by atoms with Gasteiger partial charge in [-0.1, -0.05) is 66.6 Å². The molecule has 0 aromatic heterocycles. The van der Waals surface area contributed by atoms with Crippen LogP contribution in [0.25, 0.3) is 0 Å². The Morgan fingerprint density at radius 1 is 0.971 bits per heavy atom. The van der Waals surface area contributed by atoms with Gasteiger partial charge in [0.2, 0.25) is 0 Å². The molecule has 2 nitrogen and oxygen atoms in total. The van der Waals surface area contributed by atoms with Gasteiger partial charge in [0.1, 0.15) is 11.6 Å². The molecule has 0 radical (unpaired) electrons. The van der Waals surface area contributed by atoms with Gasteiger partial charge >= 0.3 is 0 Å². The molecule has 2 aromatic carbocycles. The number of benzene rings is 2. The van der Waals surface area contributed by atoms with Gasteiger partial charge in [0.15, 0.2) is 0 Å². The molecule has 3 aliphatic rings. The predicted molar refractivity (Wildman–Crippen MR) is 137 cm³/mol. The maximum atomic E-state index is 13.5. The number of hydrogen-bond acceptors (Lipinski definition) is 2. The number of halogens is 1. The number of Topliss-reactive ketones (excluding diaryl/α,β-unsaturated/α-hetero) is 1. The molecule has 1 fully saturated rings. The fourth-order valence-electron chi connectivity index (χ4n) is 5.78. The first kappa shape index (κ1) is 22.7. The molecule has 3 heteroatoms.